The number of esters is 1. The van der Waals surface area contributed by atoms with Crippen LogP contribution >= 0.6 is 12.0 Å². The van der Waals surface area contributed by atoms with Gasteiger partial charge in [0, 0.05) is 7.60 Å². The van der Waals surface area contributed by atoms with Crippen molar-refractivity contribution in [2.75, 3.05) is 12.8 Å². The molecule has 1 heterocycles. The molecule has 0 bridgehead atoms. The van der Waals surface area contributed by atoms with E-state index in [1.54, 1.807) is 0 Å². The first kappa shape index (κ1) is 22.6. The quantitative estimate of drug-likeness (QED) is 0.305. The van der Waals surface area contributed by atoms with Crippen LogP contribution in [0, 0.1) is 0 Å². The van der Waals surface area contributed by atoms with Crippen LogP contribution in [0.25, 0.3) is 0 Å². The van der Waals surface area contributed by atoms with E-state index in [1.807, 2.05) is 19.6 Å². The number of rotatable bonds is 9. The lowest BCUT2D eigenvalue weighted by Crippen LogP contribution is -2.63. The van der Waals surface area contributed by atoms with E-state index >= 15 is 0 Å². The molecule has 0 aromatic heterocycles. The zero-order chi connectivity index (χ0) is 21.0. The molecule has 0 aromatic rings. The molecule has 1 aliphatic heterocycles. The van der Waals surface area contributed by atoms with Crippen LogP contribution in [0.5, 0.6) is 0 Å². The van der Waals surface area contributed by atoms with Gasteiger partial charge in [-0.2, -0.15) is 0 Å². The average molecular weight is 443 g/mol. The Morgan fingerprint density at radius 1 is 0.962 bits per heavy atom. The molecule has 0 radical (unpaired) electrons. The zero-order valence-corrected chi connectivity index (χ0v) is 21.4. The van der Waals surface area contributed by atoms with Crippen LogP contribution in [0.4, 0.5) is 0 Å². The monoisotopic (exact) mass is 442 g/mol. The predicted molar refractivity (Wildman–Crippen MR) is 114 cm³/mol. The summed E-state index contributed by atoms with van der Waals surface area (Å²) in [4.78, 5) is 12.8. The number of hydrogen-bond donors (Lipinski definition) is 0. The molecule has 1 fully saturated rings. The average Bonchev–Trinajstić information content (AvgIpc) is 2.44. The van der Waals surface area contributed by atoms with E-state index in [9.17, 15) is 4.79 Å². The minimum Gasteiger partial charge on any atom is -0.455 e. The fourth-order valence-corrected chi connectivity index (χ4v) is 5.61. The summed E-state index contributed by atoms with van der Waals surface area (Å²) in [6, 6.07) is 0. The maximum Gasteiger partial charge on any atom is 0.337 e. The minimum atomic E-state index is -2.02. The summed E-state index contributed by atoms with van der Waals surface area (Å²) in [5.41, 5.74) is 0. The number of cyclic esters (lactones) is 1. The van der Waals surface area contributed by atoms with Crippen molar-refractivity contribution in [3.63, 3.8) is 0 Å². The molecule has 0 saturated carbocycles. The Labute approximate surface area is 167 Å². The van der Waals surface area contributed by atoms with Crippen molar-refractivity contribution in [2.24, 2.45) is 0 Å². The van der Waals surface area contributed by atoms with Crippen molar-refractivity contribution in [1.29, 1.82) is 0 Å². The zero-order valence-electron chi connectivity index (χ0n) is 18.6. The normalized spacial score (nSPS) is 28.7. The fraction of sp³-hybridized carbons (Fsp3) is 0.938. The van der Waals surface area contributed by atoms with Crippen LogP contribution < -0.4 is 0 Å². The van der Waals surface area contributed by atoms with E-state index < -0.39 is 55.3 Å². The molecule has 0 spiro atoms. The highest BCUT2D eigenvalue weighted by molar-refractivity contribution is 7.93. The fourth-order valence-electron chi connectivity index (χ4n) is 2.49. The number of carbonyl (C=O) groups excluding carboxylic acids is 1. The van der Waals surface area contributed by atoms with Gasteiger partial charge in [-0.3, -0.25) is 0 Å². The maximum atomic E-state index is 12.8. The molecule has 0 aliphatic carbocycles. The molecule has 1 saturated heterocycles. The highest BCUT2D eigenvalue weighted by atomic mass is 32.2. The lowest BCUT2D eigenvalue weighted by atomic mass is 10.0. The molecule has 10 heteroatoms. The Bertz CT molecular complexity index is 492. The number of ether oxygens (including phenoxy) is 1. The second-order valence-corrected chi connectivity index (χ2v) is 23.3. The lowest BCUT2D eigenvalue weighted by molar-refractivity contribution is -0.195. The van der Waals surface area contributed by atoms with Gasteiger partial charge in [0.25, 0.3) is 0 Å². The van der Waals surface area contributed by atoms with E-state index in [1.165, 1.54) is 0 Å². The Balaban J connectivity index is 3.16. The molecule has 1 aliphatic rings. The first-order chi connectivity index (χ1) is 12.1. The van der Waals surface area contributed by atoms with E-state index in [4.69, 9.17) is 23.6 Å². The first-order valence-electron chi connectivity index (χ1n) is 9.61. The van der Waals surface area contributed by atoms with Gasteiger partial charge in [-0.1, -0.05) is 0 Å². The predicted octanol–water partition coefficient (Wildman–Crippen LogP) is 3.87. The summed E-state index contributed by atoms with van der Waals surface area (Å²) >= 11 is 1.03. The Morgan fingerprint density at radius 2 is 1.54 bits per heavy atom. The molecule has 0 unspecified atom stereocenters. The van der Waals surface area contributed by atoms with Crippen molar-refractivity contribution in [3.05, 3.63) is 0 Å². The largest absolute Gasteiger partial charge is 0.455 e. The molecule has 6 nitrogen and oxygen atoms in total. The second-order valence-electron chi connectivity index (χ2n) is 9.42. The maximum absolute atomic E-state index is 12.8. The molecule has 0 N–H and O–H groups in total. The smallest absolute Gasteiger partial charge is 0.337 e. The molecular formula is C16H36O6SSi3. The summed E-state index contributed by atoms with van der Waals surface area (Å²) < 4.78 is 37.5. The van der Waals surface area contributed by atoms with Gasteiger partial charge in [-0.15, -0.1) is 0 Å². The van der Waals surface area contributed by atoms with Crippen molar-refractivity contribution < 1.29 is 28.4 Å². The van der Waals surface area contributed by atoms with Crippen LogP contribution in [0.15, 0.2) is 0 Å². The van der Waals surface area contributed by atoms with E-state index in [2.05, 4.69) is 39.3 Å². The van der Waals surface area contributed by atoms with Crippen molar-refractivity contribution >= 4 is 43.0 Å². The summed E-state index contributed by atoms with van der Waals surface area (Å²) in [6.07, 6.45) is -2.46. The Morgan fingerprint density at radius 3 is 2.00 bits per heavy atom. The standard InChI is InChI=1S/C16H36O6SSi3/c1-23-20-13-12(11-18-24(2,3)4)19-16(17)15(22-26(8,9)10)14(13)21-25(5,6)7/h12-15H,11H2,1-10H3/t12-,13-,14+,15-/m1/s1/i1T. The highest BCUT2D eigenvalue weighted by Gasteiger charge is 2.51. The summed E-state index contributed by atoms with van der Waals surface area (Å²) in [6.45, 7) is 18.8. The molecule has 0 aromatic carbocycles. The Kier molecular flexibility index (Phi) is 8.00. The molecule has 1 rings (SSSR count). The van der Waals surface area contributed by atoms with Crippen LogP contribution in [0.3, 0.4) is 0 Å². The first-order valence-corrected chi connectivity index (χ1v) is 20.0. The molecule has 4 atom stereocenters. The van der Waals surface area contributed by atoms with Gasteiger partial charge < -0.3 is 22.2 Å². The van der Waals surface area contributed by atoms with Gasteiger partial charge in [-0.05, 0) is 71.0 Å². The Hall–Kier alpha value is 0.311. The van der Waals surface area contributed by atoms with E-state index in [-0.39, 0.29) is 12.8 Å². The van der Waals surface area contributed by atoms with Crippen LogP contribution in [-0.4, -0.2) is 68.2 Å². The van der Waals surface area contributed by atoms with Crippen molar-refractivity contribution in [3.8, 4) is 0 Å². The third-order valence-electron chi connectivity index (χ3n) is 3.32. The second kappa shape index (κ2) is 9.21. The minimum absolute atomic E-state index is 0.0469. The van der Waals surface area contributed by atoms with Gasteiger partial charge in [0.05, 0.1) is 6.61 Å². The molecule has 26 heavy (non-hydrogen) atoms. The van der Waals surface area contributed by atoms with Gasteiger partial charge in [0.1, 0.15) is 12.2 Å². The lowest BCUT2D eigenvalue weighted by Gasteiger charge is -2.44. The van der Waals surface area contributed by atoms with Gasteiger partial charge in [-0.25, -0.2) is 4.79 Å². The SMILES string of the molecule is [3H]CSO[C@H]1[C@H](O[Si](C)(C)C)[C@@H](O[Si](C)(C)C)C(=O)O[C@@H]1CO[Si](C)(C)C. The van der Waals surface area contributed by atoms with E-state index in [0.717, 1.165) is 12.0 Å². The number of hydrogen-bond acceptors (Lipinski definition) is 7. The van der Waals surface area contributed by atoms with Crippen LogP contribution in [0.1, 0.15) is 1.37 Å². The third kappa shape index (κ3) is 8.55. The van der Waals surface area contributed by atoms with Crippen molar-refractivity contribution in [2.45, 2.75) is 83.3 Å². The van der Waals surface area contributed by atoms with Gasteiger partial charge >= 0.3 is 5.97 Å². The van der Waals surface area contributed by atoms with Crippen LogP contribution in [-0.2, 0) is 27.0 Å². The van der Waals surface area contributed by atoms with Gasteiger partial charge in [0.15, 0.2) is 37.2 Å². The molecule has 0 amide bonds. The number of carbonyl (C=O) groups is 1. The topological polar surface area (TPSA) is 63.2 Å². The summed E-state index contributed by atoms with van der Waals surface area (Å²) in [5.74, 6) is -0.416. The summed E-state index contributed by atoms with van der Waals surface area (Å²) in [7, 11) is -5.82. The summed E-state index contributed by atoms with van der Waals surface area (Å²) in [5, 5.41) is 0. The van der Waals surface area contributed by atoms with E-state index in [0.29, 0.717) is 0 Å². The van der Waals surface area contributed by atoms with Crippen molar-refractivity contribution in [1.82, 2.24) is 0 Å². The molecule has 154 valence electrons. The highest BCUT2D eigenvalue weighted by Crippen LogP contribution is 2.31. The molecular weight excluding hydrogens is 404 g/mol. The van der Waals surface area contributed by atoms with Gasteiger partial charge in [0.2, 0.25) is 0 Å². The third-order valence-corrected chi connectivity index (χ3v) is 6.65. The van der Waals surface area contributed by atoms with Crippen LogP contribution in [0.2, 0.25) is 58.9 Å².